The Bertz CT molecular complexity index is 666. The van der Waals surface area contributed by atoms with Gasteiger partial charge in [-0.3, -0.25) is 0 Å². The van der Waals surface area contributed by atoms with Crippen LogP contribution in [0.5, 0.6) is 0 Å². The van der Waals surface area contributed by atoms with Crippen molar-refractivity contribution in [3.05, 3.63) is 36.7 Å². The van der Waals surface area contributed by atoms with Gasteiger partial charge in [-0.15, -0.1) is 0 Å². The second-order valence-electron chi connectivity index (χ2n) is 6.68. The van der Waals surface area contributed by atoms with Crippen molar-refractivity contribution in [1.29, 1.82) is 0 Å². The molecule has 3 rings (SSSR count). The number of nitrogens with one attached hydrogen (secondary N) is 2. The van der Waals surface area contributed by atoms with E-state index in [-0.39, 0.29) is 0 Å². The fourth-order valence-electron chi connectivity index (χ4n) is 3.19. The lowest BCUT2D eigenvalue weighted by Crippen LogP contribution is -2.32. The van der Waals surface area contributed by atoms with Crippen LogP contribution in [0.3, 0.4) is 0 Å². The van der Waals surface area contributed by atoms with E-state index in [1.807, 2.05) is 24.5 Å². The highest BCUT2D eigenvalue weighted by Crippen LogP contribution is 2.25. The zero-order chi connectivity index (χ0) is 17.5. The minimum absolute atomic E-state index is 0.361. The Kier molecular flexibility index (Phi) is 6.19. The van der Waals surface area contributed by atoms with E-state index in [1.165, 1.54) is 0 Å². The van der Waals surface area contributed by atoms with E-state index in [0.717, 1.165) is 61.4 Å². The summed E-state index contributed by atoms with van der Waals surface area (Å²) < 4.78 is 0. The molecule has 0 saturated heterocycles. The molecule has 0 aliphatic heterocycles. The largest absolute Gasteiger partial charge is 0.370 e. The first-order chi connectivity index (χ1) is 12.2. The lowest BCUT2D eigenvalue weighted by atomic mass is 9.92. The fourth-order valence-corrected chi connectivity index (χ4v) is 3.19. The molecule has 6 nitrogen and oxygen atoms in total. The molecule has 25 heavy (non-hydrogen) atoms. The lowest BCUT2D eigenvalue weighted by Gasteiger charge is -2.27. The summed E-state index contributed by atoms with van der Waals surface area (Å²) >= 11 is 0. The Morgan fingerprint density at radius 1 is 0.960 bits per heavy atom. The van der Waals surface area contributed by atoms with E-state index in [4.69, 9.17) is 11.5 Å². The molecule has 0 atom stereocenters. The Hall–Kier alpha value is -2.18. The van der Waals surface area contributed by atoms with E-state index in [0.29, 0.717) is 18.6 Å². The molecule has 0 amide bonds. The number of anilines is 2. The predicted octanol–water partition coefficient (Wildman–Crippen LogP) is 2.59. The molecule has 0 aromatic carbocycles. The topological polar surface area (TPSA) is 102 Å². The summed E-state index contributed by atoms with van der Waals surface area (Å²) in [6, 6.07) is 9.05. The molecule has 2 aromatic rings. The molecular formula is C19H28N6. The second-order valence-corrected chi connectivity index (χ2v) is 6.68. The predicted molar refractivity (Wildman–Crippen MR) is 103 cm³/mol. The molecule has 2 aromatic heterocycles. The maximum Gasteiger partial charge on any atom is 0.126 e. The number of aromatic nitrogens is 2. The minimum Gasteiger partial charge on any atom is -0.370 e. The standard InChI is InChI=1S/C19H28N6/c20-8-1-9-22-18-12-14(6-10-23-18)15-7-11-24-19(13-15)25-17-4-2-16(21)3-5-17/h6-7,10-13,16-17H,1-5,8-9,20-21H2,(H,22,23)(H,24,25)/t16-,17-. The van der Waals surface area contributed by atoms with Gasteiger partial charge in [0.05, 0.1) is 0 Å². The molecule has 1 saturated carbocycles. The van der Waals surface area contributed by atoms with Gasteiger partial charge in [-0.2, -0.15) is 0 Å². The van der Waals surface area contributed by atoms with E-state index in [9.17, 15) is 0 Å². The van der Waals surface area contributed by atoms with Crippen LogP contribution in [0.4, 0.5) is 11.6 Å². The Morgan fingerprint density at radius 3 is 2.28 bits per heavy atom. The summed E-state index contributed by atoms with van der Waals surface area (Å²) in [5.41, 5.74) is 13.8. The number of pyridine rings is 2. The molecule has 1 aliphatic carbocycles. The van der Waals surface area contributed by atoms with Crippen LogP contribution in [0, 0.1) is 0 Å². The highest BCUT2D eigenvalue weighted by atomic mass is 15.0. The van der Waals surface area contributed by atoms with Gasteiger partial charge in [-0.25, -0.2) is 9.97 Å². The van der Waals surface area contributed by atoms with Crippen LogP contribution in [0.2, 0.25) is 0 Å². The van der Waals surface area contributed by atoms with Crippen molar-refractivity contribution >= 4 is 11.6 Å². The Balaban J connectivity index is 1.67. The Morgan fingerprint density at radius 2 is 1.60 bits per heavy atom. The van der Waals surface area contributed by atoms with E-state index in [2.05, 4.69) is 32.7 Å². The van der Waals surface area contributed by atoms with Gasteiger partial charge in [0, 0.05) is 31.0 Å². The van der Waals surface area contributed by atoms with Gasteiger partial charge in [0.2, 0.25) is 0 Å². The maximum absolute atomic E-state index is 5.99. The monoisotopic (exact) mass is 340 g/mol. The average molecular weight is 340 g/mol. The van der Waals surface area contributed by atoms with Gasteiger partial charge >= 0.3 is 0 Å². The summed E-state index contributed by atoms with van der Waals surface area (Å²) in [5, 5.41) is 6.86. The summed E-state index contributed by atoms with van der Waals surface area (Å²) in [5.74, 6) is 1.80. The third-order valence-corrected chi connectivity index (χ3v) is 4.66. The third kappa shape index (κ3) is 5.14. The lowest BCUT2D eigenvalue weighted by molar-refractivity contribution is 0.410. The molecule has 0 radical (unpaired) electrons. The molecule has 1 aliphatic rings. The highest BCUT2D eigenvalue weighted by Gasteiger charge is 2.18. The van der Waals surface area contributed by atoms with E-state index < -0.39 is 0 Å². The minimum atomic E-state index is 0.361. The summed E-state index contributed by atoms with van der Waals surface area (Å²) in [4.78, 5) is 8.84. The molecule has 6 heteroatoms. The van der Waals surface area contributed by atoms with Gasteiger partial charge in [0.15, 0.2) is 0 Å². The van der Waals surface area contributed by atoms with E-state index >= 15 is 0 Å². The van der Waals surface area contributed by atoms with E-state index in [1.54, 1.807) is 0 Å². The van der Waals surface area contributed by atoms with Crippen LogP contribution in [0.25, 0.3) is 11.1 Å². The van der Waals surface area contributed by atoms with Crippen LogP contribution >= 0.6 is 0 Å². The molecule has 1 fully saturated rings. The van der Waals surface area contributed by atoms with Gasteiger partial charge in [0.25, 0.3) is 0 Å². The number of hydrogen-bond acceptors (Lipinski definition) is 6. The first-order valence-corrected chi connectivity index (χ1v) is 9.13. The number of nitrogens with two attached hydrogens (primary N) is 2. The molecule has 0 spiro atoms. The summed E-state index contributed by atoms with van der Waals surface area (Å²) in [6.07, 6.45) is 9.00. The first-order valence-electron chi connectivity index (χ1n) is 9.13. The Labute approximate surface area is 149 Å². The quantitative estimate of drug-likeness (QED) is 0.578. The van der Waals surface area contributed by atoms with Crippen molar-refractivity contribution in [1.82, 2.24) is 9.97 Å². The summed E-state index contributed by atoms with van der Waals surface area (Å²) in [7, 11) is 0. The molecule has 134 valence electrons. The van der Waals surface area contributed by atoms with Crippen LogP contribution in [0.1, 0.15) is 32.1 Å². The van der Waals surface area contributed by atoms with Crippen LogP contribution in [0.15, 0.2) is 36.7 Å². The van der Waals surface area contributed by atoms with Crippen LogP contribution in [-0.2, 0) is 0 Å². The molecule has 0 bridgehead atoms. The SMILES string of the molecule is NCCCNc1cc(-c2ccnc(N[C@H]3CC[C@H](N)CC3)c2)ccn1. The number of rotatable bonds is 7. The van der Waals surface area contributed by atoms with Crippen molar-refractivity contribution in [2.24, 2.45) is 11.5 Å². The van der Waals surface area contributed by atoms with Gasteiger partial charge in [-0.1, -0.05) is 0 Å². The van der Waals surface area contributed by atoms with Crippen molar-refractivity contribution in [2.45, 2.75) is 44.2 Å². The van der Waals surface area contributed by atoms with Gasteiger partial charge in [0.1, 0.15) is 11.6 Å². The smallest absolute Gasteiger partial charge is 0.126 e. The molecule has 0 unspecified atom stereocenters. The molecule has 6 N–H and O–H groups in total. The van der Waals surface area contributed by atoms with Gasteiger partial charge in [-0.05, 0) is 74.0 Å². The summed E-state index contributed by atoms with van der Waals surface area (Å²) in [6.45, 7) is 1.51. The second kappa shape index (κ2) is 8.78. The average Bonchev–Trinajstić information content (AvgIpc) is 2.64. The third-order valence-electron chi connectivity index (χ3n) is 4.66. The number of hydrogen-bond donors (Lipinski definition) is 4. The zero-order valence-electron chi connectivity index (χ0n) is 14.6. The van der Waals surface area contributed by atoms with Crippen LogP contribution in [-0.4, -0.2) is 35.1 Å². The van der Waals surface area contributed by atoms with Crippen molar-refractivity contribution in [3.63, 3.8) is 0 Å². The normalized spacial score (nSPS) is 20.2. The fraction of sp³-hybridized carbons (Fsp3) is 0.474. The number of nitrogens with zero attached hydrogens (tertiary/aromatic N) is 2. The van der Waals surface area contributed by atoms with Gasteiger partial charge < -0.3 is 22.1 Å². The molecular weight excluding hydrogens is 312 g/mol. The van der Waals surface area contributed by atoms with Crippen molar-refractivity contribution in [3.8, 4) is 11.1 Å². The highest BCUT2D eigenvalue weighted by molar-refractivity contribution is 5.68. The first kappa shape index (κ1) is 17.6. The van der Waals surface area contributed by atoms with Crippen LogP contribution < -0.4 is 22.1 Å². The van der Waals surface area contributed by atoms with Crippen molar-refractivity contribution in [2.75, 3.05) is 23.7 Å². The zero-order valence-corrected chi connectivity index (χ0v) is 14.6. The molecule has 2 heterocycles. The van der Waals surface area contributed by atoms with Crippen molar-refractivity contribution < 1.29 is 0 Å². The maximum atomic E-state index is 5.99.